The summed E-state index contributed by atoms with van der Waals surface area (Å²) in [6.45, 7) is 3.26. The minimum Gasteiger partial charge on any atom is -0.334 e. The number of alkyl halides is 3. The van der Waals surface area contributed by atoms with E-state index < -0.39 is 38.8 Å². The number of hydrogen-bond donors (Lipinski definition) is 0. The van der Waals surface area contributed by atoms with Gasteiger partial charge in [0.05, 0.1) is 28.6 Å². The SMILES string of the molecule is CN(C)S(=O)(=O)CCCN1C(=S)N(c2ccc(C#N)c(C(F)(F)F)c2)C(=O)C1(C)C. The number of hydrogen-bond acceptors (Lipinski definition) is 5. The van der Waals surface area contributed by atoms with Crippen LogP contribution < -0.4 is 4.90 Å². The van der Waals surface area contributed by atoms with Gasteiger partial charge in [0.2, 0.25) is 10.0 Å². The minimum atomic E-state index is -4.78. The second kappa shape index (κ2) is 8.13. The molecule has 1 heterocycles. The summed E-state index contributed by atoms with van der Waals surface area (Å²) < 4.78 is 64.9. The van der Waals surface area contributed by atoms with Crippen molar-refractivity contribution in [2.75, 3.05) is 31.3 Å². The topological polar surface area (TPSA) is 84.7 Å². The highest BCUT2D eigenvalue weighted by molar-refractivity contribution is 7.89. The summed E-state index contributed by atoms with van der Waals surface area (Å²) >= 11 is 5.35. The Morgan fingerprint density at radius 2 is 1.87 bits per heavy atom. The molecule has 0 bridgehead atoms. The highest BCUT2D eigenvalue weighted by Gasteiger charge is 2.49. The number of halogens is 3. The summed E-state index contributed by atoms with van der Waals surface area (Å²) in [5.41, 5.74) is -3.00. The van der Waals surface area contributed by atoms with Crippen LogP contribution in [0.15, 0.2) is 18.2 Å². The van der Waals surface area contributed by atoms with Crippen LogP contribution in [0.4, 0.5) is 18.9 Å². The summed E-state index contributed by atoms with van der Waals surface area (Å²) in [7, 11) is -0.623. The van der Waals surface area contributed by atoms with Gasteiger partial charge in [0.1, 0.15) is 5.54 Å². The number of rotatable bonds is 6. The van der Waals surface area contributed by atoms with E-state index in [9.17, 15) is 26.4 Å². The monoisotopic (exact) mass is 462 g/mol. The first-order chi connectivity index (χ1) is 13.6. The van der Waals surface area contributed by atoms with E-state index in [0.717, 1.165) is 21.3 Å². The van der Waals surface area contributed by atoms with Gasteiger partial charge in [-0.2, -0.15) is 18.4 Å². The molecule has 0 saturated carbocycles. The lowest BCUT2D eigenvalue weighted by atomic mass is 10.0. The molecule has 164 valence electrons. The van der Waals surface area contributed by atoms with Crippen molar-refractivity contribution in [3.05, 3.63) is 29.3 Å². The molecule has 0 aliphatic carbocycles. The fourth-order valence-corrected chi connectivity index (χ4v) is 4.40. The number of sulfonamides is 1. The van der Waals surface area contributed by atoms with Crippen molar-refractivity contribution in [2.24, 2.45) is 0 Å². The second-order valence-electron chi connectivity index (χ2n) is 7.43. The Hall–Kier alpha value is -2.23. The summed E-state index contributed by atoms with van der Waals surface area (Å²) in [4.78, 5) is 15.4. The fourth-order valence-electron chi connectivity index (χ4n) is 3.03. The Labute approximate surface area is 178 Å². The van der Waals surface area contributed by atoms with Crippen molar-refractivity contribution in [1.82, 2.24) is 9.21 Å². The molecule has 0 unspecified atom stereocenters. The molecule has 0 atom stereocenters. The highest BCUT2D eigenvalue weighted by atomic mass is 32.2. The van der Waals surface area contributed by atoms with Gasteiger partial charge in [0.25, 0.3) is 5.91 Å². The molecule has 1 aliphatic rings. The molecule has 1 aromatic carbocycles. The van der Waals surface area contributed by atoms with Gasteiger partial charge in [-0.15, -0.1) is 0 Å². The van der Waals surface area contributed by atoms with Crippen LogP contribution in [0.5, 0.6) is 0 Å². The fraction of sp³-hybridized carbons (Fsp3) is 0.500. The van der Waals surface area contributed by atoms with E-state index in [2.05, 4.69) is 0 Å². The summed E-state index contributed by atoms with van der Waals surface area (Å²) in [5.74, 6) is -0.709. The average molecular weight is 463 g/mol. The normalized spacial score (nSPS) is 17.0. The smallest absolute Gasteiger partial charge is 0.334 e. The van der Waals surface area contributed by atoms with E-state index in [1.165, 1.54) is 31.1 Å². The molecule has 30 heavy (non-hydrogen) atoms. The van der Waals surface area contributed by atoms with E-state index in [1.54, 1.807) is 13.8 Å². The van der Waals surface area contributed by atoms with Crippen LogP contribution in [0.3, 0.4) is 0 Å². The molecule has 0 N–H and O–H groups in total. The van der Waals surface area contributed by atoms with Crippen LogP contribution in [0.1, 0.15) is 31.4 Å². The first-order valence-electron chi connectivity index (χ1n) is 8.82. The standard InChI is InChI=1S/C18H21F3N4O3S2/c1-17(2)15(26)25(13-7-6-12(11-22)14(10-13)18(19,20)21)16(29)24(17)8-5-9-30(27,28)23(3)4/h6-7,10H,5,8-9H2,1-4H3. The van der Waals surface area contributed by atoms with Crippen LogP contribution in [0.25, 0.3) is 0 Å². The summed E-state index contributed by atoms with van der Waals surface area (Å²) in [6, 6.07) is 4.44. The number of thiocarbonyl (C=S) groups is 1. The quantitative estimate of drug-likeness (QED) is 0.604. The maximum Gasteiger partial charge on any atom is 0.417 e. The third-order valence-electron chi connectivity index (χ3n) is 4.85. The van der Waals surface area contributed by atoms with Gasteiger partial charge < -0.3 is 4.90 Å². The molecule has 1 aromatic rings. The highest BCUT2D eigenvalue weighted by Crippen LogP contribution is 2.37. The van der Waals surface area contributed by atoms with E-state index in [0.29, 0.717) is 0 Å². The minimum absolute atomic E-state index is 0.0231. The van der Waals surface area contributed by atoms with Crippen molar-refractivity contribution in [3.8, 4) is 6.07 Å². The molecule has 0 spiro atoms. The Bertz CT molecular complexity index is 1010. The van der Waals surface area contributed by atoms with E-state index in [-0.39, 0.29) is 29.5 Å². The van der Waals surface area contributed by atoms with Crippen LogP contribution in [0.2, 0.25) is 0 Å². The van der Waals surface area contributed by atoms with E-state index >= 15 is 0 Å². The molecule has 0 radical (unpaired) electrons. The molecule has 0 aromatic heterocycles. The lowest BCUT2D eigenvalue weighted by molar-refractivity contribution is -0.137. The molecule has 1 amide bonds. The molecular formula is C18H21F3N4O3S2. The number of carbonyl (C=O) groups excluding carboxylic acids is 1. The van der Waals surface area contributed by atoms with Crippen LogP contribution >= 0.6 is 12.2 Å². The molecule has 1 fully saturated rings. The lowest BCUT2D eigenvalue weighted by Crippen LogP contribution is -2.45. The largest absolute Gasteiger partial charge is 0.417 e. The van der Waals surface area contributed by atoms with Crippen molar-refractivity contribution < 1.29 is 26.4 Å². The molecule has 12 heteroatoms. The number of amides is 1. The van der Waals surface area contributed by atoms with Gasteiger partial charge in [0.15, 0.2) is 5.11 Å². The van der Waals surface area contributed by atoms with Gasteiger partial charge in [-0.05, 0) is 50.7 Å². The molecule has 2 rings (SSSR count). The maximum absolute atomic E-state index is 13.3. The second-order valence-corrected chi connectivity index (χ2v) is 10.1. The van der Waals surface area contributed by atoms with Gasteiger partial charge >= 0.3 is 6.18 Å². The van der Waals surface area contributed by atoms with Crippen molar-refractivity contribution in [2.45, 2.75) is 32.0 Å². The summed E-state index contributed by atoms with van der Waals surface area (Å²) in [6.07, 6.45) is -4.60. The van der Waals surface area contributed by atoms with E-state index in [1.807, 2.05) is 0 Å². The Morgan fingerprint density at radius 1 is 1.27 bits per heavy atom. The van der Waals surface area contributed by atoms with Crippen molar-refractivity contribution in [1.29, 1.82) is 5.26 Å². The van der Waals surface area contributed by atoms with Crippen molar-refractivity contribution in [3.63, 3.8) is 0 Å². The Morgan fingerprint density at radius 3 is 2.37 bits per heavy atom. The van der Waals surface area contributed by atoms with Crippen molar-refractivity contribution >= 4 is 38.9 Å². The van der Waals surface area contributed by atoms with Gasteiger partial charge in [-0.3, -0.25) is 9.69 Å². The first-order valence-corrected chi connectivity index (χ1v) is 10.8. The number of nitrogens with zero attached hydrogens (tertiary/aromatic N) is 4. The van der Waals surface area contributed by atoms with Gasteiger partial charge in [0, 0.05) is 20.6 Å². The van der Waals surface area contributed by atoms with Gasteiger partial charge in [-0.25, -0.2) is 12.7 Å². The zero-order valence-electron chi connectivity index (χ0n) is 16.8. The summed E-state index contributed by atoms with van der Waals surface area (Å²) in [5, 5.41) is 8.93. The molecule has 1 aliphatic heterocycles. The van der Waals surface area contributed by atoms with E-state index in [4.69, 9.17) is 17.5 Å². The molecular weight excluding hydrogens is 441 g/mol. The number of benzene rings is 1. The van der Waals surface area contributed by atoms with Crippen LogP contribution in [-0.4, -0.2) is 60.6 Å². The van der Waals surface area contributed by atoms with Gasteiger partial charge in [-0.1, -0.05) is 0 Å². The number of carbonyl (C=O) groups is 1. The Balaban J connectivity index is 2.35. The van der Waals surface area contributed by atoms with Crippen LogP contribution in [0, 0.1) is 11.3 Å². The first kappa shape index (κ1) is 24.0. The molecule has 1 saturated heterocycles. The zero-order chi connectivity index (χ0) is 23.1. The number of anilines is 1. The zero-order valence-corrected chi connectivity index (χ0v) is 18.5. The molecule has 7 nitrogen and oxygen atoms in total. The number of nitriles is 1. The van der Waals surface area contributed by atoms with Crippen LogP contribution in [-0.2, 0) is 21.0 Å². The average Bonchev–Trinajstić information content (AvgIpc) is 2.79. The predicted octanol–water partition coefficient (Wildman–Crippen LogP) is 2.57. The maximum atomic E-state index is 13.3. The third-order valence-corrected chi connectivity index (χ3v) is 7.17. The third kappa shape index (κ3) is 4.43. The predicted molar refractivity (Wildman–Crippen MR) is 109 cm³/mol. The lowest BCUT2D eigenvalue weighted by Gasteiger charge is -2.29. The Kier molecular flexibility index (Phi) is 6.51.